The van der Waals surface area contributed by atoms with Crippen molar-refractivity contribution >= 4 is 28.4 Å². The van der Waals surface area contributed by atoms with E-state index in [1.165, 1.54) is 0 Å². The Morgan fingerprint density at radius 2 is 1.83 bits per heavy atom. The first-order valence-corrected chi connectivity index (χ1v) is 8.11. The summed E-state index contributed by atoms with van der Waals surface area (Å²) in [4.78, 5) is 0. The van der Waals surface area contributed by atoms with E-state index in [4.69, 9.17) is 23.7 Å². The second-order valence-corrected chi connectivity index (χ2v) is 6.14. The molecular weight excluding hydrogens is 411 g/mol. The van der Waals surface area contributed by atoms with E-state index in [9.17, 15) is 0 Å². The highest BCUT2D eigenvalue weighted by Gasteiger charge is 2.23. The summed E-state index contributed by atoms with van der Waals surface area (Å²) in [6.45, 7) is 0.675. The average molecular weight is 424 g/mol. The van der Waals surface area contributed by atoms with Crippen molar-refractivity contribution in [2.75, 3.05) is 20.5 Å². The van der Waals surface area contributed by atoms with Gasteiger partial charge in [0, 0.05) is 12.1 Å². The first kappa shape index (κ1) is 14.5. The van der Waals surface area contributed by atoms with Crippen molar-refractivity contribution < 1.29 is 23.7 Å². The van der Waals surface area contributed by atoms with Gasteiger partial charge in [-0.2, -0.15) is 0 Å². The van der Waals surface area contributed by atoms with Crippen LogP contribution in [0.15, 0.2) is 36.4 Å². The summed E-state index contributed by atoms with van der Waals surface area (Å²) >= 11 is 2.23. The van der Waals surface area contributed by atoms with Gasteiger partial charge in [0.15, 0.2) is 11.5 Å². The van der Waals surface area contributed by atoms with Gasteiger partial charge >= 0.3 is 0 Å². The van der Waals surface area contributed by atoms with Crippen molar-refractivity contribution in [3.05, 3.63) is 45.5 Å². The van der Waals surface area contributed by atoms with Gasteiger partial charge in [-0.05, 0) is 46.9 Å². The Morgan fingerprint density at radius 3 is 2.65 bits per heavy atom. The SMILES string of the molecule is COc1ccc(I)c(OC2=CCOc3cc4c(cc32)OCO4)c1. The number of hydrogen-bond acceptors (Lipinski definition) is 5. The molecule has 0 bridgehead atoms. The zero-order chi connectivity index (χ0) is 15.8. The third-order valence-corrected chi connectivity index (χ3v) is 4.50. The van der Waals surface area contributed by atoms with Gasteiger partial charge in [-0.3, -0.25) is 0 Å². The molecule has 2 aromatic rings. The van der Waals surface area contributed by atoms with Crippen molar-refractivity contribution in [3.8, 4) is 28.7 Å². The van der Waals surface area contributed by atoms with Crippen LogP contribution in [-0.4, -0.2) is 20.5 Å². The Kier molecular flexibility index (Phi) is 3.68. The van der Waals surface area contributed by atoms with Crippen LogP contribution in [0.25, 0.3) is 5.76 Å². The molecule has 0 radical (unpaired) electrons. The largest absolute Gasteiger partial charge is 0.497 e. The molecule has 23 heavy (non-hydrogen) atoms. The standard InChI is InChI=1S/C17H13IO5/c1-19-10-2-3-12(18)15(6-10)23-13-4-5-20-14-8-17-16(7-11(13)14)21-9-22-17/h2-4,6-8H,5,9H2,1H3. The van der Waals surface area contributed by atoms with Crippen LogP contribution in [0.4, 0.5) is 0 Å². The summed E-state index contributed by atoms with van der Waals surface area (Å²) < 4.78 is 28.9. The van der Waals surface area contributed by atoms with Gasteiger partial charge in [0.05, 0.1) is 16.2 Å². The van der Waals surface area contributed by atoms with Crippen molar-refractivity contribution in [1.82, 2.24) is 0 Å². The number of benzene rings is 2. The predicted octanol–water partition coefficient (Wildman–Crippen LogP) is 3.84. The van der Waals surface area contributed by atoms with Crippen molar-refractivity contribution in [1.29, 1.82) is 0 Å². The highest BCUT2D eigenvalue weighted by Crippen LogP contribution is 2.43. The molecule has 118 valence electrons. The van der Waals surface area contributed by atoms with Crippen LogP contribution in [0, 0.1) is 3.57 Å². The zero-order valence-electron chi connectivity index (χ0n) is 12.3. The minimum absolute atomic E-state index is 0.228. The molecule has 2 aliphatic heterocycles. The smallest absolute Gasteiger partial charge is 0.231 e. The van der Waals surface area contributed by atoms with E-state index < -0.39 is 0 Å². The molecule has 0 saturated carbocycles. The monoisotopic (exact) mass is 424 g/mol. The van der Waals surface area contributed by atoms with E-state index in [2.05, 4.69) is 22.6 Å². The zero-order valence-corrected chi connectivity index (χ0v) is 14.5. The van der Waals surface area contributed by atoms with Gasteiger partial charge in [0.25, 0.3) is 0 Å². The molecule has 0 fully saturated rings. The normalized spacial score (nSPS) is 14.6. The predicted molar refractivity (Wildman–Crippen MR) is 92.4 cm³/mol. The molecule has 0 N–H and O–H groups in total. The molecule has 2 aromatic carbocycles. The van der Waals surface area contributed by atoms with Crippen LogP contribution in [0.3, 0.4) is 0 Å². The maximum absolute atomic E-state index is 6.11. The first-order valence-electron chi connectivity index (χ1n) is 7.03. The average Bonchev–Trinajstić information content (AvgIpc) is 3.02. The molecule has 0 aliphatic carbocycles. The third-order valence-electron chi connectivity index (χ3n) is 3.61. The van der Waals surface area contributed by atoms with E-state index >= 15 is 0 Å². The maximum atomic E-state index is 6.11. The van der Waals surface area contributed by atoms with Gasteiger partial charge in [-0.1, -0.05) is 0 Å². The molecule has 2 aliphatic rings. The molecule has 5 nitrogen and oxygen atoms in total. The van der Waals surface area contributed by atoms with Crippen LogP contribution in [-0.2, 0) is 0 Å². The van der Waals surface area contributed by atoms with Gasteiger partial charge in [-0.15, -0.1) is 0 Å². The number of halogens is 1. The Morgan fingerprint density at radius 1 is 1.00 bits per heavy atom. The molecule has 0 amide bonds. The first-order chi connectivity index (χ1) is 11.2. The van der Waals surface area contributed by atoms with E-state index in [1.54, 1.807) is 7.11 Å². The summed E-state index contributed by atoms with van der Waals surface area (Å²) in [6, 6.07) is 9.44. The van der Waals surface area contributed by atoms with Crippen LogP contribution < -0.4 is 23.7 Å². The Bertz CT molecular complexity index is 800. The van der Waals surface area contributed by atoms with Crippen molar-refractivity contribution in [2.24, 2.45) is 0 Å². The lowest BCUT2D eigenvalue weighted by Gasteiger charge is -2.20. The van der Waals surface area contributed by atoms with E-state index in [0.29, 0.717) is 18.1 Å². The summed E-state index contributed by atoms with van der Waals surface area (Å²) in [7, 11) is 1.63. The van der Waals surface area contributed by atoms with Gasteiger partial charge in [0.1, 0.15) is 29.6 Å². The molecule has 2 heterocycles. The lowest BCUT2D eigenvalue weighted by molar-refractivity contribution is 0.174. The second kappa shape index (κ2) is 5.84. The van der Waals surface area contributed by atoms with Gasteiger partial charge < -0.3 is 23.7 Å². The minimum Gasteiger partial charge on any atom is -0.497 e. The highest BCUT2D eigenvalue weighted by molar-refractivity contribution is 14.1. The topological polar surface area (TPSA) is 46.2 Å². The Balaban J connectivity index is 1.70. The molecule has 6 heteroatoms. The molecular formula is C17H13IO5. The number of methoxy groups -OCH3 is 1. The summed E-state index contributed by atoms with van der Waals surface area (Å²) in [5, 5.41) is 0. The molecule has 0 aromatic heterocycles. The lowest BCUT2D eigenvalue weighted by atomic mass is 10.1. The minimum atomic E-state index is 0.228. The van der Waals surface area contributed by atoms with E-state index in [1.807, 2.05) is 36.4 Å². The molecule has 0 spiro atoms. The lowest BCUT2D eigenvalue weighted by Crippen LogP contribution is -2.08. The van der Waals surface area contributed by atoms with Crippen molar-refractivity contribution in [3.63, 3.8) is 0 Å². The molecule has 0 saturated heterocycles. The van der Waals surface area contributed by atoms with Crippen LogP contribution in [0.1, 0.15) is 5.56 Å². The summed E-state index contributed by atoms with van der Waals surface area (Å²) in [5.74, 6) is 4.34. The molecule has 4 rings (SSSR count). The molecule has 0 unspecified atom stereocenters. The third kappa shape index (κ3) is 2.67. The Labute approximate surface area is 146 Å². The number of hydrogen-bond donors (Lipinski definition) is 0. The van der Waals surface area contributed by atoms with Crippen molar-refractivity contribution in [2.45, 2.75) is 0 Å². The molecule has 0 atom stereocenters. The van der Waals surface area contributed by atoms with E-state index in [-0.39, 0.29) is 6.79 Å². The summed E-state index contributed by atoms with van der Waals surface area (Å²) in [5.41, 5.74) is 0.846. The highest BCUT2D eigenvalue weighted by atomic mass is 127. The second-order valence-electron chi connectivity index (χ2n) is 4.98. The number of rotatable bonds is 3. The fraction of sp³-hybridized carbons (Fsp3) is 0.176. The van der Waals surface area contributed by atoms with Gasteiger partial charge in [-0.25, -0.2) is 0 Å². The fourth-order valence-corrected chi connectivity index (χ4v) is 2.90. The fourth-order valence-electron chi connectivity index (χ4n) is 2.46. The van der Waals surface area contributed by atoms with Crippen LogP contribution in [0.5, 0.6) is 28.7 Å². The van der Waals surface area contributed by atoms with Crippen LogP contribution in [0.2, 0.25) is 0 Å². The van der Waals surface area contributed by atoms with Gasteiger partial charge in [0.2, 0.25) is 6.79 Å². The quantitative estimate of drug-likeness (QED) is 0.701. The van der Waals surface area contributed by atoms with E-state index in [0.717, 1.165) is 32.1 Å². The Hall–Kier alpha value is -2.09. The maximum Gasteiger partial charge on any atom is 0.231 e. The van der Waals surface area contributed by atoms with Crippen LogP contribution >= 0.6 is 22.6 Å². The number of ether oxygens (including phenoxy) is 5. The summed E-state index contributed by atoms with van der Waals surface area (Å²) in [6.07, 6.45) is 1.90. The number of fused-ring (bicyclic) bond motifs is 2.